The summed E-state index contributed by atoms with van der Waals surface area (Å²) in [5, 5.41) is 12.0. The van der Waals surface area contributed by atoms with Crippen LogP contribution in [0.2, 0.25) is 0 Å². The zero-order valence-electron chi connectivity index (χ0n) is 17.8. The number of nitrogens with zero attached hydrogens (tertiary/aromatic N) is 3. The van der Waals surface area contributed by atoms with Crippen molar-refractivity contribution in [2.75, 3.05) is 31.8 Å². The van der Waals surface area contributed by atoms with Crippen molar-refractivity contribution in [1.82, 2.24) is 20.8 Å². The van der Waals surface area contributed by atoms with E-state index in [-0.39, 0.29) is 17.9 Å². The lowest BCUT2D eigenvalue weighted by molar-refractivity contribution is 0.302. The van der Waals surface area contributed by atoms with E-state index in [9.17, 15) is 8.42 Å². The number of nitriles is 1. The van der Waals surface area contributed by atoms with Gasteiger partial charge in [0.05, 0.1) is 50.1 Å². The van der Waals surface area contributed by atoms with E-state index in [1.54, 1.807) is 7.11 Å². The molecule has 0 amide bonds. The Labute approximate surface area is 186 Å². The van der Waals surface area contributed by atoms with Gasteiger partial charge in [-0.1, -0.05) is 6.07 Å². The van der Waals surface area contributed by atoms with Crippen LogP contribution in [0.1, 0.15) is 30.1 Å². The molecule has 1 saturated heterocycles. The van der Waals surface area contributed by atoms with Crippen LogP contribution in [0, 0.1) is 11.3 Å². The summed E-state index contributed by atoms with van der Waals surface area (Å²) in [5.74, 6) is 2.13. The number of anilines is 1. The lowest BCUT2D eigenvalue weighted by Crippen LogP contribution is -2.36. The number of benzene rings is 1. The first-order valence-electron chi connectivity index (χ1n) is 9.67. The molecule has 1 aromatic heterocycles. The van der Waals surface area contributed by atoms with Crippen molar-refractivity contribution in [1.29, 1.82) is 5.26 Å². The van der Waals surface area contributed by atoms with Crippen molar-refractivity contribution in [3.63, 3.8) is 0 Å². The average molecular weight is 466 g/mol. The van der Waals surface area contributed by atoms with Crippen LogP contribution in [0.5, 0.6) is 11.5 Å². The largest absolute Gasteiger partial charge is 0.496 e. The van der Waals surface area contributed by atoms with Gasteiger partial charge in [-0.15, -0.1) is 0 Å². The fraction of sp³-hybridized carbons (Fsp3) is 0.421. The minimum atomic E-state index is -3.67. The Kier molecular flexibility index (Phi) is 9.57. The molecule has 2 atom stereocenters. The summed E-state index contributed by atoms with van der Waals surface area (Å²) >= 11 is 0. The van der Waals surface area contributed by atoms with Crippen LogP contribution in [0.3, 0.4) is 0 Å². The third kappa shape index (κ3) is 8.25. The highest BCUT2D eigenvalue weighted by Crippen LogP contribution is 2.37. The normalized spacial score (nSPS) is 17.6. The smallest absolute Gasteiger partial charge is 0.261 e. The van der Waals surface area contributed by atoms with Crippen molar-refractivity contribution in [2.45, 2.75) is 25.0 Å². The molecule has 0 spiro atoms. The second-order valence-electron chi connectivity index (χ2n) is 6.77. The number of hydrazine groups is 1. The number of methoxy groups -OCH3 is 1. The van der Waals surface area contributed by atoms with Crippen molar-refractivity contribution >= 4 is 15.9 Å². The molecular weight excluding hydrogens is 438 g/mol. The van der Waals surface area contributed by atoms with Crippen LogP contribution in [-0.4, -0.2) is 55.6 Å². The highest BCUT2D eigenvalue weighted by molar-refractivity contribution is 7.85. The maximum atomic E-state index is 9.19. The monoisotopic (exact) mass is 465 g/mol. The van der Waals surface area contributed by atoms with E-state index in [0.717, 1.165) is 29.9 Å². The molecule has 32 heavy (non-hydrogen) atoms. The van der Waals surface area contributed by atoms with E-state index >= 15 is 0 Å². The summed E-state index contributed by atoms with van der Waals surface area (Å²) < 4.78 is 37.3. The molecule has 0 bridgehead atoms. The third-order valence-electron chi connectivity index (χ3n) is 4.19. The fourth-order valence-corrected chi connectivity index (χ4v) is 2.92. The molecule has 0 radical (unpaired) electrons. The Morgan fingerprint density at radius 3 is 2.62 bits per heavy atom. The lowest BCUT2D eigenvalue weighted by atomic mass is 10.0. The molecule has 174 valence electrons. The molecule has 1 aliphatic heterocycles. The first-order valence-corrected chi connectivity index (χ1v) is 11.5. The summed E-state index contributed by atoms with van der Waals surface area (Å²) in [4.78, 5) is 8.20. The van der Waals surface area contributed by atoms with Crippen LogP contribution in [-0.2, 0) is 10.1 Å². The van der Waals surface area contributed by atoms with Gasteiger partial charge in [0.2, 0.25) is 0 Å². The first-order chi connectivity index (χ1) is 15.2. The summed E-state index contributed by atoms with van der Waals surface area (Å²) in [5.41, 5.74) is 13.3. The minimum absolute atomic E-state index is 0.0159. The van der Waals surface area contributed by atoms with Crippen molar-refractivity contribution < 1.29 is 22.4 Å². The second kappa shape index (κ2) is 12.1. The number of ether oxygens (including phenoxy) is 2. The molecule has 0 aliphatic carbocycles. The number of nitrogens with two attached hydrogens (primary N) is 1. The van der Waals surface area contributed by atoms with E-state index in [2.05, 4.69) is 26.1 Å². The zero-order chi connectivity index (χ0) is 23.6. The molecular formula is C19H27N7O5S. The topological polar surface area (TPSA) is 185 Å². The van der Waals surface area contributed by atoms with E-state index in [4.69, 9.17) is 25.0 Å². The highest BCUT2D eigenvalue weighted by Gasteiger charge is 2.30. The van der Waals surface area contributed by atoms with Crippen molar-refractivity contribution in [3.8, 4) is 17.6 Å². The first kappa shape index (κ1) is 25.2. The maximum absolute atomic E-state index is 9.19. The van der Waals surface area contributed by atoms with Crippen LogP contribution in [0.15, 0.2) is 30.6 Å². The Hall–Kier alpha value is -3.02. The summed E-state index contributed by atoms with van der Waals surface area (Å²) in [6.45, 7) is 1.14. The average Bonchev–Trinajstić information content (AvgIpc) is 3.21. The second-order valence-corrected chi connectivity index (χ2v) is 8.23. The Morgan fingerprint density at radius 2 is 2.03 bits per heavy atom. The van der Waals surface area contributed by atoms with Gasteiger partial charge < -0.3 is 20.5 Å². The number of hydrogen-bond acceptors (Lipinski definition) is 11. The van der Waals surface area contributed by atoms with Gasteiger partial charge in [0, 0.05) is 6.42 Å². The van der Waals surface area contributed by atoms with Crippen molar-refractivity contribution in [3.05, 3.63) is 41.9 Å². The van der Waals surface area contributed by atoms with Gasteiger partial charge in [-0.3, -0.25) is 4.55 Å². The number of hydrogen-bond donors (Lipinski definition) is 5. The standard InChI is InChI=1S/C18H23N7O2.CH4O3S/c1-26-14-4-2-5-15(27-7-3-6-19)18(14)13-8-16(25-24-13)23-17-11-21-12(9-20)10-22-17;1-5(2,3)4/h2,4-5,10-11,13,16,24-25H,3,6-8,19H2,1H3,(H,22,23);1H3,(H,2,3,4). The molecule has 2 aromatic rings. The Bertz CT molecular complexity index is 1000. The Balaban J connectivity index is 0.000000654. The van der Waals surface area contributed by atoms with Gasteiger partial charge in [0.15, 0.2) is 5.69 Å². The Morgan fingerprint density at radius 1 is 1.31 bits per heavy atom. The third-order valence-corrected chi connectivity index (χ3v) is 4.19. The van der Waals surface area contributed by atoms with E-state index in [1.807, 2.05) is 24.3 Å². The molecule has 1 aliphatic rings. The minimum Gasteiger partial charge on any atom is -0.496 e. The quantitative estimate of drug-likeness (QED) is 0.270. The SMILES string of the molecule is COc1cccc(OCCCN)c1C1CC(Nc2cnc(C#N)cn2)NN1.CS(=O)(=O)O. The van der Waals surface area contributed by atoms with Gasteiger partial charge in [0.1, 0.15) is 23.4 Å². The summed E-state index contributed by atoms with van der Waals surface area (Å²) in [6.07, 6.45) is 5.14. The molecule has 12 nitrogen and oxygen atoms in total. The number of nitrogens with one attached hydrogen (secondary N) is 3. The lowest BCUT2D eigenvalue weighted by Gasteiger charge is -2.19. The fourth-order valence-electron chi connectivity index (χ4n) is 2.92. The van der Waals surface area contributed by atoms with E-state index in [1.165, 1.54) is 12.4 Å². The molecule has 2 unspecified atom stereocenters. The highest BCUT2D eigenvalue weighted by atomic mass is 32.2. The molecule has 6 N–H and O–H groups in total. The molecule has 2 heterocycles. The predicted molar refractivity (Wildman–Crippen MR) is 117 cm³/mol. The molecule has 1 aromatic carbocycles. The van der Waals surface area contributed by atoms with E-state index in [0.29, 0.717) is 25.2 Å². The molecule has 1 fully saturated rings. The maximum Gasteiger partial charge on any atom is 0.261 e. The van der Waals surface area contributed by atoms with Crippen LogP contribution >= 0.6 is 0 Å². The molecule has 0 saturated carbocycles. The number of aromatic nitrogens is 2. The van der Waals surface area contributed by atoms with Crippen LogP contribution < -0.4 is 31.4 Å². The van der Waals surface area contributed by atoms with Gasteiger partial charge >= 0.3 is 0 Å². The summed E-state index contributed by atoms with van der Waals surface area (Å²) in [7, 11) is -2.02. The molecule has 3 rings (SSSR count). The summed E-state index contributed by atoms with van der Waals surface area (Å²) in [6, 6.07) is 7.69. The van der Waals surface area contributed by atoms with Gasteiger partial charge in [-0.2, -0.15) is 13.7 Å². The van der Waals surface area contributed by atoms with Gasteiger partial charge in [-0.25, -0.2) is 20.8 Å². The molecule has 13 heteroatoms. The van der Waals surface area contributed by atoms with Crippen LogP contribution in [0.25, 0.3) is 0 Å². The predicted octanol–water partition coefficient (Wildman–Crippen LogP) is 0.566. The van der Waals surface area contributed by atoms with E-state index < -0.39 is 10.1 Å². The van der Waals surface area contributed by atoms with Crippen molar-refractivity contribution in [2.24, 2.45) is 5.73 Å². The number of rotatable bonds is 8. The van der Waals surface area contributed by atoms with Gasteiger partial charge in [0.25, 0.3) is 10.1 Å². The zero-order valence-corrected chi connectivity index (χ0v) is 18.6. The van der Waals surface area contributed by atoms with Gasteiger partial charge in [-0.05, 0) is 25.1 Å². The van der Waals surface area contributed by atoms with Crippen LogP contribution in [0.4, 0.5) is 5.82 Å².